The molecule has 0 unspecified atom stereocenters. The Morgan fingerprint density at radius 1 is 1.22 bits per heavy atom. The number of nitrogens with one attached hydrogen (secondary N) is 2. The summed E-state index contributed by atoms with van der Waals surface area (Å²) in [4.78, 5) is 37.0. The number of aliphatic carboxylic acids is 1. The molecule has 0 aromatic heterocycles. The lowest BCUT2D eigenvalue weighted by Gasteiger charge is -2.23. The summed E-state index contributed by atoms with van der Waals surface area (Å²) in [7, 11) is 0. The largest absolute Gasteiger partial charge is 0.481 e. The van der Waals surface area contributed by atoms with Crippen LogP contribution in [0.2, 0.25) is 0 Å². The van der Waals surface area contributed by atoms with Gasteiger partial charge in [-0.2, -0.15) is 0 Å². The Bertz CT molecular complexity index is 506. The number of amides is 3. The molecule has 2 aliphatic carbocycles. The van der Waals surface area contributed by atoms with Crippen molar-refractivity contribution in [3.8, 4) is 0 Å². The third-order valence-electron chi connectivity index (χ3n) is 5.38. The maximum atomic E-state index is 12.2. The average Bonchev–Trinajstić information content (AvgIpc) is 3.08. The first-order valence-electron chi connectivity index (χ1n) is 8.57. The number of rotatable bonds is 6. The fourth-order valence-corrected chi connectivity index (χ4v) is 3.88. The first-order valence-corrected chi connectivity index (χ1v) is 8.57. The molecule has 0 spiro atoms. The minimum absolute atomic E-state index is 0.0438. The summed E-state index contributed by atoms with van der Waals surface area (Å²) in [5.74, 6) is -0.649. The maximum absolute atomic E-state index is 12.2. The highest BCUT2D eigenvalue weighted by atomic mass is 16.4. The first kappa shape index (κ1) is 16.1. The summed E-state index contributed by atoms with van der Waals surface area (Å²) < 4.78 is 0. The molecule has 1 saturated heterocycles. The van der Waals surface area contributed by atoms with Gasteiger partial charge in [0.2, 0.25) is 5.91 Å². The van der Waals surface area contributed by atoms with Gasteiger partial charge in [-0.3, -0.25) is 9.59 Å². The van der Waals surface area contributed by atoms with Gasteiger partial charge in [0.25, 0.3) is 0 Å². The van der Waals surface area contributed by atoms with Crippen molar-refractivity contribution >= 4 is 17.9 Å². The Kier molecular flexibility index (Phi) is 4.46. The van der Waals surface area contributed by atoms with Crippen molar-refractivity contribution in [1.82, 2.24) is 15.5 Å². The Morgan fingerprint density at radius 2 is 2.00 bits per heavy atom. The molecule has 7 nitrogen and oxygen atoms in total. The number of hydrogen-bond donors (Lipinski definition) is 3. The first-order chi connectivity index (χ1) is 11.0. The van der Waals surface area contributed by atoms with E-state index in [0.29, 0.717) is 44.9 Å². The molecule has 23 heavy (non-hydrogen) atoms. The quantitative estimate of drug-likeness (QED) is 0.634. The topological polar surface area (TPSA) is 98.7 Å². The van der Waals surface area contributed by atoms with Crippen molar-refractivity contribution < 1.29 is 19.5 Å². The Morgan fingerprint density at radius 3 is 2.65 bits per heavy atom. The third-order valence-corrected chi connectivity index (χ3v) is 5.38. The van der Waals surface area contributed by atoms with Gasteiger partial charge in [-0.15, -0.1) is 0 Å². The van der Waals surface area contributed by atoms with E-state index in [4.69, 9.17) is 0 Å². The highest BCUT2D eigenvalue weighted by Crippen LogP contribution is 2.48. The van der Waals surface area contributed by atoms with Crippen molar-refractivity contribution in [2.45, 2.75) is 51.0 Å². The summed E-state index contributed by atoms with van der Waals surface area (Å²) in [6.45, 7) is 1.28. The van der Waals surface area contributed by atoms with Crippen LogP contribution in [0.1, 0.15) is 44.9 Å². The molecule has 7 heteroatoms. The van der Waals surface area contributed by atoms with Crippen molar-refractivity contribution in [2.24, 2.45) is 11.3 Å². The van der Waals surface area contributed by atoms with E-state index < -0.39 is 11.4 Å². The van der Waals surface area contributed by atoms with Gasteiger partial charge in [0, 0.05) is 32.1 Å². The number of hydrogen-bond acceptors (Lipinski definition) is 3. The molecule has 0 aromatic carbocycles. The second-order valence-electron chi connectivity index (χ2n) is 7.11. The Labute approximate surface area is 135 Å². The van der Waals surface area contributed by atoms with Crippen molar-refractivity contribution in [1.29, 1.82) is 0 Å². The smallest absolute Gasteiger partial charge is 0.317 e. The zero-order chi connectivity index (χ0) is 16.4. The van der Waals surface area contributed by atoms with Crippen LogP contribution in [0.15, 0.2) is 0 Å². The second-order valence-corrected chi connectivity index (χ2v) is 7.11. The second kappa shape index (κ2) is 6.37. The van der Waals surface area contributed by atoms with Crippen LogP contribution in [-0.4, -0.2) is 53.6 Å². The van der Waals surface area contributed by atoms with Crippen LogP contribution in [0.3, 0.4) is 0 Å². The van der Waals surface area contributed by atoms with Crippen molar-refractivity contribution in [2.75, 3.05) is 19.6 Å². The fourth-order valence-electron chi connectivity index (χ4n) is 3.88. The van der Waals surface area contributed by atoms with Gasteiger partial charge in [-0.25, -0.2) is 4.79 Å². The standard InChI is InChI=1S/C16H25N3O4/c20-13(18-12-5-6-12)4-2-8-17-15(23)19-9-11-3-1-7-16(11,10-19)14(21)22/h11-12H,1-10H2,(H,17,23)(H,18,20)(H,21,22)/t11-,16+/m0/s1. The van der Waals surface area contributed by atoms with Gasteiger partial charge in [-0.05, 0) is 38.0 Å². The van der Waals surface area contributed by atoms with Crippen LogP contribution >= 0.6 is 0 Å². The molecule has 3 N–H and O–H groups in total. The van der Waals surface area contributed by atoms with E-state index >= 15 is 0 Å². The summed E-state index contributed by atoms with van der Waals surface area (Å²) in [6.07, 6.45) is 5.65. The lowest BCUT2D eigenvalue weighted by atomic mass is 9.81. The molecule has 0 radical (unpaired) electrons. The van der Waals surface area contributed by atoms with Crippen LogP contribution in [0.25, 0.3) is 0 Å². The van der Waals surface area contributed by atoms with Gasteiger partial charge >= 0.3 is 12.0 Å². The van der Waals surface area contributed by atoms with Crippen LogP contribution in [0.5, 0.6) is 0 Å². The highest BCUT2D eigenvalue weighted by Gasteiger charge is 2.55. The van der Waals surface area contributed by atoms with E-state index in [-0.39, 0.29) is 17.9 Å². The molecule has 3 rings (SSSR count). The monoisotopic (exact) mass is 323 g/mol. The third kappa shape index (κ3) is 3.43. The zero-order valence-electron chi connectivity index (χ0n) is 13.3. The molecule has 1 aliphatic heterocycles. The number of carbonyl (C=O) groups is 3. The molecule has 2 atom stereocenters. The summed E-state index contributed by atoms with van der Waals surface area (Å²) >= 11 is 0. The van der Waals surface area contributed by atoms with Gasteiger partial charge in [0.15, 0.2) is 0 Å². The number of likely N-dealkylation sites (tertiary alicyclic amines) is 1. The van der Waals surface area contributed by atoms with Gasteiger partial charge in [-0.1, -0.05) is 6.42 Å². The Balaban J connectivity index is 1.39. The highest BCUT2D eigenvalue weighted by molar-refractivity contribution is 5.80. The molecular weight excluding hydrogens is 298 g/mol. The number of carboxylic acids is 1. The van der Waals surface area contributed by atoms with E-state index in [1.54, 1.807) is 4.90 Å². The number of carboxylic acid groups (broad SMARTS) is 1. The molecule has 0 aromatic rings. The fraction of sp³-hybridized carbons (Fsp3) is 0.812. The summed E-state index contributed by atoms with van der Waals surface area (Å²) in [6, 6.07) is 0.163. The maximum Gasteiger partial charge on any atom is 0.317 e. The van der Waals surface area contributed by atoms with E-state index in [0.717, 1.165) is 25.7 Å². The molecule has 3 amide bonds. The van der Waals surface area contributed by atoms with Gasteiger partial charge in [0.1, 0.15) is 0 Å². The van der Waals surface area contributed by atoms with E-state index in [2.05, 4.69) is 10.6 Å². The lowest BCUT2D eigenvalue weighted by molar-refractivity contribution is -0.149. The normalized spacial score (nSPS) is 29.2. The number of carbonyl (C=O) groups excluding carboxylic acids is 2. The van der Waals surface area contributed by atoms with E-state index in [9.17, 15) is 19.5 Å². The summed E-state index contributed by atoms with van der Waals surface area (Å²) in [5.41, 5.74) is -0.735. The van der Waals surface area contributed by atoms with Crippen LogP contribution in [-0.2, 0) is 9.59 Å². The molecule has 3 aliphatic rings. The molecule has 128 valence electrons. The Hall–Kier alpha value is -1.79. The number of nitrogens with zero attached hydrogens (tertiary/aromatic N) is 1. The van der Waals surface area contributed by atoms with Crippen molar-refractivity contribution in [3.63, 3.8) is 0 Å². The van der Waals surface area contributed by atoms with Gasteiger partial charge < -0.3 is 20.6 Å². The predicted molar refractivity (Wildman–Crippen MR) is 82.8 cm³/mol. The predicted octanol–water partition coefficient (Wildman–Crippen LogP) is 0.942. The van der Waals surface area contributed by atoms with E-state index in [1.807, 2.05) is 0 Å². The average molecular weight is 323 g/mol. The SMILES string of the molecule is O=C(CCCNC(=O)N1C[C@@H]2CCC[C@@]2(C(=O)O)C1)NC1CC1. The molecule has 3 fully saturated rings. The number of fused-ring (bicyclic) bond motifs is 1. The van der Waals surface area contributed by atoms with Crippen molar-refractivity contribution in [3.05, 3.63) is 0 Å². The minimum Gasteiger partial charge on any atom is -0.481 e. The van der Waals surface area contributed by atoms with Crippen LogP contribution < -0.4 is 10.6 Å². The molecular formula is C16H25N3O4. The molecule has 0 bridgehead atoms. The molecule has 1 heterocycles. The molecule has 2 saturated carbocycles. The summed E-state index contributed by atoms with van der Waals surface area (Å²) in [5, 5.41) is 15.2. The van der Waals surface area contributed by atoms with Crippen LogP contribution in [0, 0.1) is 11.3 Å². The van der Waals surface area contributed by atoms with Crippen LogP contribution in [0.4, 0.5) is 4.79 Å². The minimum atomic E-state index is -0.771. The lowest BCUT2D eigenvalue weighted by Crippen LogP contribution is -2.42. The number of urea groups is 1. The van der Waals surface area contributed by atoms with E-state index in [1.165, 1.54) is 0 Å². The zero-order valence-corrected chi connectivity index (χ0v) is 13.3. The van der Waals surface area contributed by atoms with Gasteiger partial charge in [0.05, 0.1) is 5.41 Å².